The monoisotopic (exact) mass is 348 g/mol. The number of nitrogens with one attached hydrogen (secondary N) is 2. The van der Waals surface area contributed by atoms with Crippen LogP contribution < -0.4 is 10.6 Å². The molecule has 0 saturated heterocycles. The fourth-order valence-corrected chi connectivity index (χ4v) is 2.51. The van der Waals surface area contributed by atoms with Gasteiger partial charge in [0.2, 0.25) is 0 Å². The number of hydrogen-bond acceptors (Lipinski definition) is 2. The normalized spacial score (nSPS) is 14.4. The van der Waals surface area contributed by atoms with Gasteiger partial charge in [0.05, 0.1) is 18.2 Å². The first-order valence-corrected chi connectivity index (χ1v) is 8.11. The number of aliphatic hydroxyl groups excluding tert-OH is 1. The highest BCUT2D eigenvalue weighted by Crippen LogP contribution is 2.18. The number of hydrogen-bond donors (Lipinski definition) is 3. The molecular weight excluding hydrogens is 326 g/mol. The topological polar surface area (TPSA) is 61.4 Å². The Bertz CT molecular complexity index is 710. The Morgan fingerprint density at radius 2 is 1.72 bits per heavy atom. The Labute approximate surface area is 145 Å². The minimum absolute atomic E-state index is 0.0626. The van der Waals surface area contributed by atoms with E-state index in [1.54, 1.807) is 13.8 Å². The van der Waals surface area contributed by atoms with Gasteiger partial charge in [-0.1, -0.05) is 42.5 Å². The average Bonchev–Trinajstić information content (AvgIpc) is 2.57. The van der Waals surface area contributed by atoms with Crippen molar-refractivity contribution in [2.45, 2.75) is 38.5 Å². The van der Waals surface area contributed by atoms with Crippen LogP contribution in [0, 0.1) is 11.6 Å². The van der Waals surface area contributed by atoms with Crippen LogP contribution in [0.1, 0.15) is 31.0 Å². The average molecular weight is 348 g/mol. The second kappa shape index (κ2) is 8.58. The molecule has 0 saturated carbocycles. The van der Waals surface area contributed by atoms with Crippen molar-refractivity contribution in [3.05, 3.63) is 71.3 Å². The third-order valence-electron chi connectivity index (χ3n) is 4.02. The zero-order valence-electron chi connectivity index (χ0n) is 14.2. The van der Waals surface area contributed by atoms with Crippen molar-refractivity contribution in [3.8, 4) is 0 Å². The number of urea groups is 1. The Balaban J connectivity index is 1.89. The van der Waals surface area contributed by atoms with E-state index in [1.807, 2.05) is 30.3 Å². The number of carbonyl (C=O) groups excluding carboxylic acids is 1. The van der Waals surface area contributed by atoms with E-state index in [1.165, 1.54) is 12.1 Å². The molecule has 0 radical (unpaired) electrons. The summed E-state index contributed by atoms with van der Waals surface area (Å²) < 4.78 is 27.0. The fourth-order valence-electron chi connectivity index (χ4n) is 2.51. The number of rotatable bonds is 6. The van der Waals surface area contributed by atoms with Crippen molar-refractivity contribution >= 4 is 6.03 Å². The van der Waals surface area contributed by atoms with Crippen LogP contribution in [0.4, 0.5) is 13.6 Å². The van der Waals surface area contributed by atoms with Gasteiger partial charge in [-0.2, -0.15) is 0 Å². The molecule has 2 rings (SSSR count). The van der Waals surface area contributed by atoms with Crippen LogP contribution in [0.2, 0.25) is 0 Å². The van der Waals surface area contributed by atoms with Gasteiger partial charge in [-0.25, -0.2) is 13.6 Å². The van der Waals surface area contributed by atoms with Crippen LogP contribution in [0.3, 0.4) is 0 Å². The molecule has 0 aliphatic heterocycles. The molecule has 2 amide bonds. The second-order valence-electron chi connectivity index (χ2n) is 6.03. The predicted octanol–water partition coefficient (Wildman–Crippen LogP) is 3.32. The van der Waals surface area contributed by atoms with Crippen molar-refractivity contribution in [1.82, 2.24) is 10.6 Å². The lowest BCUT2D eigenvalue weighted by atomic mass is 10.0. The van der Waals surface area contributed by atoms with E-state index in [0.29, 0.717) is 6.42 Å². The number of amides is 2. The highest BCUT2D eigenvalue weighted by Gasteiger charge is 2.20. The lowest BCUT2D eigenvalue weighted by molar-refractivity contribution is 0.135. The first kappa shape index (κ1) is 18.9. The Hall–Kier alpha value is -2.47. The molecule has 0 spiro atoms. The van der Waals surface area contributed by atoms with Crippen molar-refractivity contribution in [2.75, 3.05) is 0 Å². The number of halogens is 2. The Morgan fingerprint density at radius 3 is 2.40 bits per heavy atom. The van der Waals surface area contributed by atoms with Crippen LogP contribution in [0.15, 0.2) is 48.5 Å². The highest BCUT2D eigenvalue weighted by molar-refractivity contribution is 5.74. The van der Waals surface area contributed by atoms with Gasteiger partial charge in [-0.3, -0.25) is 0 Å². The van der Waals surface area contributed by atoms with Crippen LogP contribution in [0.25, 0.3) is 0 Å². The summed E-state index contributed by atoms with van der Waals surface area (Å²) in [6.45, 7) is 3.24. The molecule has 25 heavy (non-hydrogen) atoms. The molecule has 134 valence electrons. The van der Waals surface area contributed by atoms with Crippen molar-refractivity contribution in [3.63, 3.8) is 0 Å². The smallest absolute Gasteiger partial charge is 0.315 e. The third-order valence-corrected chi connectivity index (χ3v) is 4.02. The maximum Gasteiger partial charge on any atom is 0.315 e. The van der Waals surface area contributed by atoms with Crippen molar-refractivity contribution < 1.29 is 18.7 Å². The van der Waals surface area contributed by atoms with Crippen molar-refractivity contribution in [2.24, 2.45) is 0 Å². The predicted molar refractivity (Wildman–Crippen MR) is 92.1 cm³/mol. The molecule has 3 unspecified atom stereocenters. The van der Waals surface area contributed by atoms with Gasteiger partial charge in [0.15, 0.2) is 11.6 Å². The lowest BCUT2D eigenvalue weighted by Gasteiger charge is -2.22. The summed E-state index contributed by atoms with van der Waals surface area (Å²) in [6.07, 6.45) is -0.370. The molecule has 0 aromatic heterocycles. The van der Waals surface area contributed by atoms with Crippen LogP contribution in [-0.2, 0) is 6.42 Å². The van der Waals surface area contributed by atoms with E-state index in [9.17, 15) is 18.7 Å². The van der Waals surface area contributed by atoms with Crippen molar-refractivity contribution in [1.29, 1.82) is 0 Å². The van der Waals surface area contributed by atoms with Crippen LogP contribution >= 0.6 is 0 Å². The molecule has 4 nitrogen and oxygen atoms in total. The van der Waals surface area contributed by atoms with E-state index in [-0.39, 0.29) is 5.56 Å². The van der Waals surface area contributed by atoms with E-state index >= 15 is 0 Å². The van der Waals surface area contributed by atoms with Crippen LogP contribution in [0.5, 0.6) is 0 Å². The molecule has 2 aromatic carbocycles. The molecule has 2 aromatic rings. The number of carbonyl (C=O) groups is 1. The molecule has 6 heteroatoms. The summed E-state index contributed by atoms with van der Waals surface area (Å²) in [6, 6.07) is 11.5. The van der Waals surface area contributed by atoms with Gasteiger partial charge in [0, 0.05) is 12.0 Å². The lowest BCUT2D eigenvalue weighted by Crippen LogP contribution is -2.47. The Kier molecular flexibility index (Phi) is 6.47. The number of benzene rings is 2. The van der Waals surface area contributed by atoms with E-state index < -0.39 is 35.9 Å². The summed E-state index contributed by atoms with van der Waals surface area (Å²) in [5.74, 6) is -1.94. The molecule has 3 atom stereocenters. The summed E-state index contributed by atoms with van der Waals surface area (Å²) in [4.78, 5) is 12.0. The number of aliphatic hydroxyl groups is 1. The summed E-state index contributed by atoms with van der Waals surface area (Å²) in [5, 5.41) is 15.4. The van der Waals surface area contributed by atoms with Gasteiger partial charge < -0.3 is 15.7 Å². The molecule has 0 aliphatic carbocycles. The largest absolute Gasteiger partial charge is 0.391 e. The summed E-state index contributed by atoms with van der Waals surface area (Å²) in [5.41, 5.74) is 1.02. The molecule has 0 heterocycles. The first-order chi connectivity index (χ1) is 11.9. The zero-order chi connectivity index (χ0) is 18.4. The molecule has 0 bridgehead atoms. The SMILES string of the molecule is CC(NC(=O)NC(C)C(O)Cc1ccccc1)c1cccc(F)c1F. The summed E-state index contributed by atoms with van der Waals surface area (Å²) >= 11 is 0. The van der Waals surface area contributed by atoms with E-state index in [4.69, 9.17) is 0 Å². The molecule has 0 fully saturated rings. The van der Waals surface area contributed by atoms with Gasteiger partial charge in [0.1, 0.15) is 0 Å². The van der Waals surface area contributed by atoms with E-state index in [2.05, 4.69) is 10.6 Å². The van der Waals surface area contributed by atoms with E-state index in [0.717, 1.165) is 11.6 Å². The maximum absolute atomic E-state index is 13.7. The highest BCUT2D eigenvalue weighted by atomic mass is 19.2. The minimum atomic E-state index is -0.979. The van der Waals surface area contributed by atoms with Gasteiger partial charge in [0.25, 0.3) is 0 Å². The van der Waals surface area contributed by atoms with Gasteiger partial charge in [-0.05, 0) is 25.5 Å². The third kappa shape index (κ3) is 5.26. The fraction of sp³-hybridized carbons (Fsp3) is 0.316. The Morgan fingerprint density at radius 1 is 1.04 bits per heavy atom. The molecule has 0 aliphatic rings. The molecule has 3 N–H and O–H groups in total. The van der Waals surface area contributed by atoms with Gasteiger partial charge >= 0.3 is 6.03 Å². The van der Waals surface area contributed by atoms with Crippen LogP contribution in [-0.4, -0.2) is 23.3 Å². The standard InChI is InChI=1S/C19H22F2N2O2/c1-12(15-9-6-10-16(20)18(15)21)22-19(25)23-13(2)17(24)11-14-7-4-3-5-8-14/h3-10,12-13,17,24H,11H2,1-2H3,(H2,22,23,25). The quantitative estimate of drug-likeness (QED) is 0.750. The van der Waals surface area contributed by atoms with Gasteiger partial charge in [-0.15, -0.1) is 0 Å². The maximum atomic E-state index is 13.7. The summed E-state index contributed by atoms with van der Waals surface area (Å²) in [7, 11) is 0. The first-order valence-electron chi connectivity index (χ1n) is 8.11. The zero-order valence-corrected chi connectivity index (χ0v) is 14.2. The molecular formula is C19H22F2N2O2. The minimum Gasteiger partial charge on any atom is -0.391 e. The second-order valence-corrected chi connectivity index (χ2v) is 6.03.